The second kappa shape index (κ2) is 13.3. The maximum absolute atomic E-state index is 14.3. The summed E-state index contributed by atoms with van der Waals surface area (Å²) in [5.41, 5.74) is 3.24. The number of hydrogen-bond donors (Lipinski definition) is 2. The molecule has 11 nitrogen and oxygen atoms in total. The molecule has 44 heavy (non-hydrogen) atoms. The molecule has 0 bridgehead atoms. The predicted octanol–water partition coefficient (Wildman–Crippen LogP) is 5.91. The Hall–Kier alpha value is -4.74. The van der Waals surface area contributed by atoms with Gasteiger partial charge in [0, 0.05) is 55.5 Å². The van der Waals surface area contributed by atoms with Crippen molar-refractivity contribution in [1.29, 1.82) is 0 Å². The molecular weight excluding hydrogens is 578 g/mol. The Kier molecular flexibility index (Phi) is 8.85. The van der Waals surface area contributed by atoms with Crippen LogP contribution >= 0.6 is 11.6 Å². The van der Waals surface area contributed by atoms with Gasteiger partial charge >= 0.3 is 6.03 Å². The smallest absolute Gasteiger partial charge is 0.322 e. The van der Waals surface area contributed by atoms with Crippen molar-refractivity contribution in [3.8, 4) is 0 Å². The van der Waals surface area contributed by atoms with Gasteiger partial charge in [0.1, 0.15) is 5.82 Å². The maximum atomic E-state index is 14.3. The quantitative estimate of drug-likeness (QED) is 0.238. The number of aromatic nitrogens is 4. The Labute approximate surface area is 261 Å². The maximum Gasteiger partial charge on any atom is 0.334 e. The van der Waals surface area contributed by atoms with Crippen LogP contribution in [0.15, 0.2) is 79.1 Å². The second-order valence-electron chi connectivity index (χ2n) is 10.8. The van der Waals surface area contributed by atoms with Gasteiger partial charge < -0.3 is 10.6 Å². The summed E-state index contributed by atoms with van der Waals surface area (Å²) in [6, 6.07) is 16.5. The van der Waals surface area contributed by atoms with Gasteiger partial charge in [-0.1, -0.05) is 48.4 Å². The van der Waals surface area contributed by atoms with Crippen molar-refractivity contribution in [3.63, 3.8) is 0 Å². The number of urea groups is 1. The number of halogens is 1. The van der Waals surface area contributed by atoms with Crippen molar-refractivity contribution in [2.75, 3.05) is 46.6 Å². The third kappa shape index (κ3) is 6.74. The number of hydrogen-bond acceptors (Lipinski definition) is 7. The molecule has 2 aromatic heterocycles. The normalized spacial score (nSPS) is 15.7. The summed E-state index contributed by atoms with van der Waals surface area (Å²) in [4.78, 5) is 42.0. The first-order valence-corrected chi connectivity index (χ1v) is 15.1. The molecule has 2 N–H and O–H groups in total. The summed E-state index contributed by atoms with van der Waals surface area (Å²) in [5, 5.41) is 10.5. The molecule has 0 radical (unpaired) electrons. The highest BCUT2D eigenvalue weighted by Gasteiger charge is 2.32. The number of nitrogens with zero attached hydrogens (tertiary/aromatic N) is 7. The van der Waals surface area contributed by atoms with E-state index in [2.05, 4.69) is 25.6 Å². The van der Waals surface area contributed by atoms with E-state index >= 15 is 0 Å². The lowest BCUT2D eigenvalue weighted by Gasteiger charge is -2.28. The zero-order chi connectivity index (χ0) is 30.5. The number of piperidine rings is 1. The number of nitrogens with one attached hydrogen (secondary N) is 2. The monoisotopic (exact) mass is 611 g/mol. The molecule has 0 saturated carbocycles. The van der Waals surface area contributed by atoms with Gasteiger partial charge in [0.2, 0.25) is 11.9 Å². The Morgan fingerprint density at radius 3 is 2.59 bits per heavy atom. The average Bonchev–Trinajstić information content (AvgIpc) is 3.26. The molecule has 0 unspecified atom stereocenters. The molecule has 0 atom stereocenters. The molecule has 1 fully saturated rings. The van der Waals surface area contributed by atoms with Crippen LogP contribution in [0, 0.1) is 0 Å². The molecule has 4 heterocycles. The van der Waals surface area contributed by atoms with E-state index in [1.54, 1.807) is 52.1 Å². The van der Waals surface area contributed by atoms with Crippen LogP contribution in [0.2, 0.25) is 5.15 Å². The standard InChI is InChI=1S/C32H34ClN9O2/c1-39-22-27(29(33)38-39)36-31-34-21-23-15-19-41(25-11-4-2-5-12-25)32(44)42(30(23)37-31)26-13-8-10-24(20-26)35-28(43)14-9-18-40-16-6-3-7-17-40/h2,4-5,8-14,20-22H,3,6-7,15-19H2,1H3,(H,35,43)(H,34,36,37)/b14-9+. The van der Waals surface area contributed by atoms with E-state index < -0.39 is 0 Å². The summed E-state index contributed by atoms with van der Waals surface area (Å²) in [5.74, 6) is 0.485. The van der Waals surface area contributed by atoms with Crippen LogP contribution in [0.1, 0.15) is 24.8 Å². The number of benzene rings is 2. The molecule has 12 heteroatoms. The molecule has 226 valence electrons. The molecule has 2 aliphatic rings. The van der Waals surface area contributed by atoms with Crippen LogP contribution in [-0.4, -0.2) is 62.8 Å². The fraction of sp³-hybridized carbons (Fsp3) is 0.281. The fourth-order valence-corrected chi connectivity index (χ4v) is 5.69. The second-order valence-corrected chi connectivity index (χ2v) is 11.2. The lowest BCUT2D eigenvalue weighted by atomic mass is 10.1. The zero-order valence-corrected chi connectivity index (χ0v) is 25.2. The van der Waals surface area contributed by atoms with Gasteiger partial charge in [-0.3, -0.25) is 19.3 Å². The summed E-state index contributed by atoms with van der Waals surface area (Å²) >= 11 is 6.27. The number of anilines is 6. The Bertz CT molecular complexity index is 1670. The molecule has 6 rings (SSSR count). The summed E-state index contributed by atoms with van der Waals surface area (Å²) in [6.07, 6.45) is 11.1. The highest BCUT2D eigenvalue weighted by atomic mass is 35.5. The molecule has 4 aromatic rings. The topological polar surface area (TPSA) is 112 Å². The van der Waals surface area contributed by atoms with Gasteiger partial charge in [0.25, 0.3) is 0 Å². The van der Waals surface area contributed by atoms with E-state index in [9.17, 15) is 9.59 Å². The van der Waals surface area contributed by atoms with Crippen LogP contribution in [0.4, 0.5) is 39.3 Å². The lowest BCUT2D eigenvalue weighted by molar-refractivity contribution is -0.111. The summed E-state index contributed by atoms with van der Waals surface area (Å²) in [6.45, 7) is 3.32. The first-order chi connectivity index (χ1) is 21.4. The molecular formula is C32H34ClN9O2. The molecule has 0 aliphatic carbocycles. The van der Waals surface area contributed by atoms with Crippen molar-refractivity contribution in [2.45, 2.75) is 25.7 Å². The van der Waals surface area contributed by atoms with E-state index in [-0.39, 0.29) is 23.0 Å². The van der Waals surface area contributed by atoms with E-state index in [1.807, 2.05) is 48.5 Å². The first kappa shape index (κ1) is 29.3. The van der Waals surface area contributed by atoms with Gasteiger partial charge in [-0.25, -0.2) is 14.7 Å². The van der Waals surface area contributed by atoms with Crippen molar-refractivity contribution in [3.05, 3.63) is 89.9 Å². The first-order valence-electron chi connectivity index (χ1n) is 14.7. The third-order valence-electron chi connectivity index (χ3n) is 7.63. The number of carbonyl (C=O) groups excluding carboxylic acids is 2. The van der Waals surface area contributed by atoms with E-state index in [1.165, 1.54) is 19.3 Å². The Balaban J connectivity index is 1.30. The van der Waals surface area contributed by atoms with Gasteiger partial charge in [-0.05, 0) is 62.7 Å². The average molecular weight is 612 g/mol. The molecule has 2 aliphatic heterocycles. The molecule has 0 spiro atoms. The minimum Gasteiger partial charge on any atom is -0.322 e. The van der Waals surface area contributed by atoms with Gasteiger partial charge in [-0.2, -0.15) is 10.1 Å². The van der Waals surface area contributed by atoms with Crippen LogP contribution in [0.3, 0.4) is 0 Å². The number of fused-ring (bicyclic) bond motifs is 1. The fourth-order valence-electron chi connectivity index (χ4n) is 5.47. The SMILES string of the molecule is Cn1cc(Nc2ncc3c(n2)N(c2cccc(NC(=O)/C=C/CN4CCCCC4)c2)C(=O)N(c2ccccc2)CC3)c(Cl)n1. The summed E-state index contributed by atoms with van der Waals surface area (Å²) < 4.78 is 1.59. The minimum absolute atomic E-state index is 0.227. The Morgan fingerprint density at radius 2 is 1.82 bits per heavy atom. The molecule has 2 aromatic carbocycles. The van der Waals surface area contributed by atoms with Gasteiger partial charge in [0.15, 0.2) is 5.15 Å². The highest BCUT2D eigenvalue weighted by molar-refractivity contribution is 6.32. The number of para-hydroxylation sites is 1. The third-order valence-corrected chi connectivity index (χ3v) is 7.91. The Morgan fingerprint density at radius 1 is 1.02 bits per heavy atom. The van der Waals surface area contributed by atoms with E-state index in [0.29, 0.717) is 35.8 Å². The van der Waals surface area contributed by atoms with Crippen molar-refractivity contribution < 1.29 is 9.59 Å². The van der Waals surface area contributed by atoms with Gasteiger partial charge in [-0.15, -0.1) is 0 Å². The van der Waals surface area contributed by atoms with Crippen molar-refractivity contribution in [1.82, 2.24) is 24.6 Å². The largest absolute Gasteiger partial charge is 0.334 e. The lowest BCUT2D eigenvalue weighted by Crippen LogP contribution is -2.40. The van der Waals surface area contributed by atoms with Crippen molar-refractivity contribution >= 4 is 58.1 Å². The van der Waals surface area contributed by atoms with Crippen LogP contribution in [-0.2, 0) is 18.3 Å². The number of rotatable bonds is 8. The van der Waals surface area contributed by atoms with E-state index in [4.69, 9.17) is 16.6 Å². The number of likely N-dealkylation sites (tertiary alicyclic amines) is 1. The van der Waals surface area contributed by atoms with Crippen LogP contribution in [0.5, 0.6) is 0 Å². The minimum atomic E-state index is -0.274. The molecule has 3 amide bonds. The predicted molar refractivity (Wildman–Crippen MR) is 173 cm³/mol. The van der Waals surface area contributed by atoms with Gasteiger partial charge in [0.05, 0.1) is 11.4 Å². The van der Waals surface area contributed by atoms with Crippen LogP contribution < -0.4 is 20.4 Å². The zero-order valence-electron chi connectivity index (χ0n) is 24.5. The number of carbonyl (C=O) groups is 2. The van der Waals surface area contributed by atoms with Crippen molar-refractivity contribution in [2.24, 2.45) is 7.05 Å². The van der Waals surface area contributed by atoms with Crippen LogP contribution in [0.25, 0.3) is 0 Å². The number of aryl methyl sites for hydroxylation is 1. The molecule has 1 saturated heterocycles. The number of amides is 3. The summed E-state index contributed by atoms with van der Waals surface area (Å²) in [7, 11) is 1.77. The van der Waals surface area contributed by atoms with E-state index in [0.717, 1.165) is 30.9 Å². The highest BCUT2D eigenvalue weighted by Crippen LogP contribution is 2.35.